The average Bonchev–Trinajstić information content (AvgIpc) is 2.43. The predicted molar refractivity (Wildman–Crippen MR) is 110 cm³/mol. The van der Waals surface area contributed by atoms with Gasteiger partial charge in [-0.3, -0.25) is 0 Å². The molecule has 2 rings (SSSR count). The summed E-state index contributed by atoms with van der Waals surface area (Å²) in [6, 6.07) is 0. The monoisotopic (exact) mass is 362 g/mol. The van der Waals surface area contributed by atoms with Crippen LogP contribution in [0, 0.1) is 10.8 Å². The highest BCUT2D eigenvalue weighted by Crippen LogP contribution is 2.51. The maximum atomic E-state index is 6.11. The zero-order valence-electron chi connectivity index (χ0n) is 17.9. The van der Waals surface area contributed by atoms with Gasteiger partial charge in [0.05, 0.1) is 21.3 Å². The third kappa shape index (κ3) is 5.18. The highest BCUT2D eigenvalue weighted by atomic mass is 28.3. The SMILES string of the molecule is C/C=C/C1=C(C(C)(C)C)CC2(COC(C)(C)OC2)C/C1=C\[Si](C)(C)C. The minimum Gasteiger partial charge on any atom is -0.350 e. The van der Waals surface area contributed by atoms with E-state index in [0.29, 0.717) is 0 Å². The van der Waals surface area contributed by atoms with Crippen molar-refractivity contribution >= 4 is 8.07 Å². The molecule has 0 N–H and O–H groups in total. The molecule has 1 spiro atoms. The van der Waals surface area contributed by atoms with E-state index in [4.69, 9.17) is 9.47 Å². The molecule has 0 radical (unpaired) electrons. The molecule has 1 aliphatic heterocycles. The lowest BCUT2D eigenvalue weighted by molar-refractivity contribution is -0.285. The molecule has 0 saturated carbocycles. The van der Waals surface area contributed by atoms with E-state index < -0.39 is 13.9 Å². The second-order valence-corrected chi connectivity index (χ2v) is 15.5. The summed E-state index contributed by atoms with van der Waals surface area (Å²) in [7, 11) is -1.32. The highest BCUT2D eigenvalue weighted by Gasteiger charge is 2.45. The van der Waals surface area contributed by atoms with Crippen LogP contribution in [-0.2, 0) is 9.47 Å². The van der Waals surface area contributed by atoms with Crippen molar-refractivity contribution in [3.8, 4) is 0 Å². The molecule has 0 aromatic heterocycles. The van der Waals surface area contributed by atoms with Crippen molar-refractivity contribution in [3.05, 3.63) is 34.6 Å². The van der Waals surface area contributed by atoms with E-state index in [0.717, 1.165) is 26.1 Å². The van der Waals surface area contributed by atoms with Gasteiger partial charge in [0.15, 0.2) is 5.79 Å². The largest absolute Gasteiger partial charge is 0.350 e. The van der Waals surface area contributed by atoms with Gasteiger partial charge in [0, 0.05) is 5.41 Å². The van der Waals surface area contributed by atoms with Gasteiger partial charge in [-0.25, -0.2) is 0 Å². The molecule has 142 valence electrons. The first-order chi connectivity index (χ1) is 11.3. The van der Waals surface area contributed by atoms with Gasteiger partial charge in [0.25, 0.3) is 0 Å². The molecule has 0 aromatic carbocycles. The van der Waals surface area contributed by atoms with Crippen molar-refractivity contribution in [2.45, 2.75) is 79.8 Å². The Hall–Kier alpha value is -0.643. The molecular formula is C22H38O2Si. The van der Waals surface area contributed by atoms with Crippen LogP contribution < -0.4 is 0 Å². The van der Waals surface area contributed by atoms with Crippen LogP contribution in [0.5, 0.6) is 0 Å². The van der Waals surface area contributed by atoms with Crippen LogP contribution in [0.1, 0.15) is 54.4 Å². The van der Waals surface area contributed by atoms with Crippen LogP contribution in [0.3, 0.4) is 0 Å². The van der Waals surface area contributed by atoms with E-state index in [-0.39, 0.29) is 10.8 Å². The number of allylic oxidation sites excluding steroid dienone is 5. The van der Waals surface area contributed by atoms with Crippen molar-refractivity contribution in [1.29, 1.82) is 0 Å². The van der Waals surface area contributed by atoms with Gasteiger partial charge in [-0.2, -0.15) is 0 Å². The summed E-state index contributed by atoms with van der Waals surface area (Å²) in [5, 5.41) is 0. The fraction of sp³-hybridized carbons (Fsp3) is 0.727. The van der Waals surface area contributed by atoms with Crippen LogP contribution in [-0.4, -0.2) is 27.1 Å². The Balaban J connectivity index is 2.55. The highest BCUT2D eigenvalue weighted by molar-refractivity contribution is 6.81. The minimum atomic E-state index is -1.32. The first-order valence-corrected chi connectivity index (χ1v) is 13.2. The van der Waals surface area contributed by atoms with E-state index in [1.54, 1.807) is 5.57 Å². The molecule has 0 unspecified atom stereocenters. The molecule has 25 heavy (non-hydrogen) atoms. The normalized spacial score (nSPS) is 26.0. The van der Waals surface area contributed by atoms with Gasteiger partial charge in [0.2, 0.25) is 0 Å². The lowest BCUT2D eigenvalue weighted by atomic mass is 9.64. The molecule has 0 atom stereocenters. The third-order valence-electron chi connectivity index (χ3n) is 5.09. The van der Waals surface area contributed by atoms with Crippen molar-refractivity contribution in [3.63, 3.8) is 0 Å². The summed E-state index contributed by atoms with van der Waals surface area (Å²) < 4.78 is 12.2. The van der Waals surface area contributed by atoms with Gasteiger partial charge >= 0.3 is 0 Å². The number of rotatable bonds is 2. The Bertz CT molecular complexity index is 584. The van der Waals surface area contributed by atoms with Crippen LogP contribution in [0.4, 0.5) is 0 Å². The third-order valence-corrected chi connectivity index (χ3v) is 6.30. The van der Waals surface area contributed by atoms with Crippen LogP contribution in [0.15, 0.2) is 34.6 Å². The maximum absolute atomic E-state index is 6.11. The van der Waals surface area contributed by atoms with E-state index in [2.05, 4.69) is 65.2 Å². The summed E-state index contributed by atoms with van der Waals surface area (Å²) in [4.78, 5) is 0. The molecule has 1 heterocycles. The second-order valence-electron chi connectivity index (χ2n) is 10.5. The Kier molecular flexibility index (Phi) is 5.64. The minimum absolute atomic E-state index is 0.0781. The lowest BCUT2D eigenvalue weighted by Gasteiger charge is -2.49. The van der Waals surface area contributed by atoms with E-state index >= 15 is 0 Å². The lowest BCUT2D eigenvalue weighted by Crippen LogP contribution is -2.48. The standard InChI is InChI=1S/C22H38O2Si/c1-10-11-18-17(14-25(7,8)9)12-22(13-19(18)20(2,3)4)15-23-21(5,6)24-16-22/h10-11,14H,12-13,15-16H2,1-9H3/b11-10+,17-14+. The summed E-state index contributed by atoms with van der Waals surface area (Å²) in [6.45, 7) is 22.0. The van der Waals surface area contributed by atoms with Crippen molar-refractivity contribution in [2.24, 2.45) is 10.8 Å². The predicted octanol–water partition coefficient (Wildman–Crippen LogP) is 6.27. The molecular weight excluding hydrogens is 324 g/mol. The quantitative estimate of drug-likeness (QED) is 0.539. The van der Waals surface area contributed by atoms with Crippen LogP contribution in [0.2, 0.25) is 19.6 Å². The van der Waals surface area contributed by atoms with Gasteiger partial charge in [-0.1, -0.05) is 63.8 Å². The van der Waals surface area contributed by atoms with Gasteiger partial charge < -0.3 is 9.47 Å². The summed E-state index contributed by atoms with van der Waals surface area (Å²) >= 11 is 0. The number of ether oxygens (including phenoxy) is 2. The Morgan fingerprint density at radius 2 is 1.56 bits per heavy atom. The molecule has 0 amide bonds. The molecule has 2 aliphatic rings. The fourth-order valence-corrected chi connectivity index (χ4v) is 5.16. The van der Waals surface area contributed by atoms with Crippen LogP contribution in [0.25, 0.3) is 0 Å². The zero-order chi connectivity index (χ0) is 19.1. The molecule has 1 saturated heterocycles. The van der Waals surface area contributed by atoms with Crippen molar-refractivity contribution in [2.75, 3.05) is 13.2 Å². The maximum Gasteiger partial charge on any atom is 0.162 e. The zero-order valence-corrected chi connectivity index (χ0v) is 18.9. The Labute approximate surface area is 156 Å². The van der Waals surface area contributed by atoms with Crippen LogP contribution >= 0.6 is 0 Å². The smallest absolute Gasteiger partial charge is 0.162 e. The number of hydrogen-bond donors (Lipinski definition) is 0. The second kappa shape index (κ2) is 6.83. The Morgan fingerprint density at radius 3 is 2.00 bits per heavy atom. The van der Waals surface area contributed by atoms with Gasteiger partial charge in [-0.05, 0) is 50.2 Å². The molecule has 1 fully saturated rings. The first kappa shape index (κ1) is 20.7. The topological polar surface area (TPSA) is 18.5 Å². The molecule has 3 heteroatoms. The van der Waals surface area contributed by atoms with E-state index in [1.165, 1.54) is 11.1 Å². The van der Waals surface area contributed by atoms with Gasteiger partial charge in [0.1, 0.15) is 0 Å². The molecule has 2 nitrogen and oxygen atoms in total. The van der Waals surface area contributed by atoms with Crippen molar-refractivity contribution in [1.82, 2.24) is 0 Å². The van der Waals surface area contributed by atoms with Gasteiger partial charge in [-0.15, -0.1) is 0 Å². The molecule has 0 bridgehead atoms. The average molecular weight is 363 g/mol. The summed E-state index contributed by atoms with van der Waals surface area (Å²) in [6.07, 6.45) is 6.64. The fourth-order valence-electron chi connectivity index (χ4n) is 3.86. The first-order valence-electron chi connectivity index (χ1n) is 9.63. The summed E-state index contributed by atoms with van der Waals surface area (Å²) in [5.74, 6) is -0.455. The van der Waals surface area contributed by atoms with E-state index in [1.807, 2.05) is 13.8 Å². The molecule has 1 aliphatic carbocycles. The molecule has 0 aromatic rings. The van der Waals surface area contributed by atoms with E-state index in [9.17, 15) is 0 Å². The van der Waals surface area contributed by atoms with Crippen molar-refractivity contribution < 1.29 is 9.47 Å². The Morgan fingerprint density at radius 1 is 1.00 bits per heavy atom. The summed E-state index contributed by atoms with van der Waals surface area (Å²) in [5.41, 5.74) is 7.35. The number of hydrogen-bond acceptors (Lipinski definition) is 2.